The molecule has 0 aliphatic carbocycles. The van der Waals surface area contributed by atoms with Crippen LogP contribution in [0.15, 0.2) is 60.7 Å². The highest BCUT2D eigenvalue weighted by molar-refractivity contribution is 5.90. The molecule has 0 aliphatic rings. The minimum absolute atomic E-state index is 0.0105. The van der Waals surface area contributed by atoms with Crippen LogP contribution in [0.25, 0.3) is 10.8 Å². The van der Waals surface area contributed by atoms with E-state index in [2.05, 4.69) is 23.5 Å². The smallest absolute Gasteiger partial charge is 0.224 e. The van der Waals surface area contributed by atoms with Crippen molar-refractivity contribution in [2.45, 2.75) is 19.4 Å². The minimum atomic E-state index is -0.128. The molecular formula is C22H23NO3. The van der Waals surface area contributed by atoms with Crippen LogP contribution >= 0.6 is 0 Å². The molecule has 26 heavy (non-hydrogen) atoms. The number of benzene rings is 3. The number of nitrogens with one attached hydrogen (secondary N) is 1. The quantitative estimate of drug-likeness (QED) is 0.723. The van der Waals surface area contributed by atoms with Crippen molar-refractivity contribution in [3.05, 3.63) is 71.8 Å². The number of carbonyl (C=O) groups excluding carboxylic acids is 1. The van der Waals surface area contributed by atoms with E-state index in [1.165, 1.54) is 0 Å². The normalized spacial score (nSPS) is 11.8. The van der Waals surface area contributed by atoms with Gasteiger partial charge in [0.1, 0.15) is 0 Å². The summed E-state index contributed by atoms with van der Waals surface area (Å²) in [6.45, 7) is 1.96. The van der Waals surface area contributed by atoms with Crippen LogP contribution < -0.4 is 14.8 Å². The third-order valence-corrected chi connectivity index (χ3v) is 4.52. The molecule has 0 spiro atoms. The Morgan fingerprint density at radius 3 is 2.46 bits per heavy atom. The lowest BCUT2D eigenvalue weighted by Crippen LogP contribution is -2.28. The van der Waals surface area contributed by atoms with Crippen molar-refractivity contribution in [1.82, 2.24) is 5.32 Å². The van der Waals surface area contributed by atoms with Crippen LogP contribution in [0.4, 0.5) is 0 Å². The van der Waals surface area contributed by atoms with Crippen molar-refractivity contribution in [3.8, 4) is 11.5 Å². The van der Waals surface area contributed by atoms with E-state index in [0.29, 0.717) is 17.9 Å². The molecule has 4 nitrogen and oxygen atoms in total. The lowest BCUT2D eigenvalue weighted by Gasteiger charge is -2.17. The zero-order valence-electron chi connectivity index (χ0n) is 15.3. The number of amides is 1. The van der Waals surface area contributed by atoms with Gasteiger partial charge in [0.05, 0.1) is 26.7 Å². The molecular weight excluding hydrogens is 326 g/mol. The first kappa shape index (κ1) is 17.8. The van der Waals surface area contributed by atoms with E-state index in [1.807, 2.05) is 49.4 Å². The lowest BCUT2D eigenvalue weighted by atomic mass is 10.0. The highest BCUT2D eigenvalue weighted by atomic mass is 16.5. The second-order valence-electron chi connectivity index (χ2n) is 6.22. The summed E-state index contributed by atoms with van der Waals surface area (Å²) in [5.41, 5.74) is 1.99. The first-order valence-corrected chi connectivity index (χ1v) is 8.60. The molecule has 0 saturated heterocycles. The number of ether oxygens (including phenoxy) is 2. The summed E-state index contributed by atoms with van der Waals surface area (Å²) in [5.74, 6) is 1.31. The van der Waals surface area contributed by atoms with Crippen LogP contribution in [0.2, 0.25) is 0 Å². The summed E-state index contributed by atoms with van der Waals surface area (Å²) in [6.07, 6.45) is 0.346. The molecule has 134 valence electrons. The van der Waals surface area contributed by atoms with E-state index in [1.54, 1.807) is 14.2 Å². The van der Waals surface area contributed by atoms with Gasteiger partial charge in [-0.25, -0.2) is 0 Å². The molecule has 3 aromatic rings. The first-order chi connectivity index (χ1) is 12.6. The van der Waals surface area contributed by atoms with Crippen molar-refractivity contribution < 1.29 is 14.3 Å². The van der Waals surface area contributed by atoms with E-state index in [4.69, 9.17) is 9.47 Å². The number of carbonyl (C=O) groups is 1. The number of fused-ring (bicyclic) bond motifs is 1. The summed E-state index contributed by atoms with van der Waals surface area (Å²) in [4.78, 5) is 12.6. The molecule has 3 rings (SSSR count). The molecule has 0 aromatic heterocycles. The van der Waals surface area contributed by atoms with Crippen molar-refractivity contribution in [1.29, 1.82) is 0 Å². The monoisotopic (exact) mass is 349 g/mol. The summed E-state index contributed by atoms with van der Waals surface area (Å²) in [7, 11) is 3.21. The van der Waals surface area contributed by atoms with E-state index in [0.717, 1.165) is 21.9 Å². The molecule has 1 atom stereocenters. The number of hydrogen-bond acceptors (Lipinski definition) is 3. The molecule has 0 bridgehead atoms. The Kier molecular flexibility index (Phi) is 5.42. The molecule has 0 fully saturated rings. The van der Waals surface area contributed by atoms with Gasteiger partial charge < -0.3 is 14.8 Å². The van der Waals surface area contributed by atoms with Crippen molar-refractivity contribution in [2.75, 3.05) is 14.2 Å². The van der Waals surface area contributed by atoms with E-state index in [9.17, 15) is 4.79 Å². The average Bonchev–Trinajstić information content (AvgIpc) is 2.67. The maximum Gasteiger partial charge on any atom is 0.224 e. The third-order valence-electron chi connectivity index (χ3n) is 4.52. The minimum Gasteiger partial charge on any atom is -0.493 e. The number of methoxy groups -OCH3 is 2. The fraction of sp³-hybridized carbons (Fsp3) is 0.227. The molecule has 0 aliphatic heterocycles. The molecule has 0 radical (unpaired) electrons. The summed E-state index contributed by atoms with van der Waals surface area (Å²) < 4.78 is 10.6. The SMILES string of the molecule is COc1ccc(C(C)NC(=O)Cc2cccc3ccccc23)cc1OC. The molecule has 3 aromatic carbocycles. The van der Waals surface area contributed by atoms with Gasteiger partial charge in [-0.3, -0.25) is 4.79 Å². The maximum absolute atomic E-state index is 12.6. The van der Waals surface area contributed by atoms with Gasteiger partial charge in [0, 0.05) is 0 Å². The van der Waals surface area contributed by atoms with Crippen LogP contribution in [-0.2, 0) is 11.2 Å². The van der Waals surface area contributed by atoms with Crippen LogP contribution in [0, 0.1) is 0 Å². The van der Waals surface area contributed by atoms with Crippen LogP contribution in [0.1, 0.15) is 24.1 Å². The fourth-order valence-corrected chi connectivity index (χ4v) is 3.12. The first-order valence-electron chi connectivity index (χ1n) is 8.60. The lowest BCUT2D eigenvalue weighted by molar-refractivity contribution is -0.121. The summed E-state index contributed by atoms with van der Waals surface area (Å²) >= 11 is 0. The van der Waals surface area contributed by atoms with E-state index >= 15 is 0 Å². The topological polar surface area (TPSA) is 47.6 Å². The Balaban J connectivity index is 1.73. The van der Waals surface area contributed by atoms with Gasteiger partial charge in [-0.15, -0.1) is 0 Å². The Morgan fingerprint density at radius 1 is 0.962 bits per heavy atom. The van der Waals surface area contributed by atoms with Gasteiger partial charge >= 0.3 is 0 Å². The number of rotatable bonds is 6. The average molecular weight is 349 g/mol. The molecule has 1 unspecified atom stereocenters. The van der Waals surface area contributed by atoms with E-state index in [-0.39, 0.29) is 11.9 Å². The zero-order chi connectivity index (χ0) is 18.5. The van der Waals surface area contributed by atoms with Crippen molar-refractivity contribution in [2.24, 2.45) is 0 Å². The fourth-order valence-electron chi connectivity index (χ4n) is 3.12. The molecule has 1 N–H and O–H groups in total. The second kappa shape index (κ2) is 7.91. The zero-order valence-corrected chi connectivity index (χ0v) is 15.3. The highest BCUT2D eigenvalue weighted by Gasteiger charge is 2.14. The Hall–Kier alpha value is -3.01. The Labute approximate surface area is 153 Å². The highest BCUT2D eigenvalue weighted by Crippen LogP contribution is 2.30. The van der Waals surface area contributed by atoms with Gasteiger partial charge in [-0.1, -0.05) is 48.5 Å². The predicted octanol–water partition coefficient (Wildman–Crippen LogP) is 4.28. The molecule has 1 amide bonds. The molecule has 0 saturated carbocycles. The van der Waals surface area contributed by atoms with Crippen LogP contribution in [0.5, 0.6) is 11.5 Å². The van der Waals surface area contributed by atoms with Crippen molar-refractivity contribution in [3.63, 3.8) is 0 Å². The van der Waals surface area contributed by atoms with Gasteiger partial charge in [-0.2, -0.15) is 0 Å². The third kappa shape index (κ3) is 3.80. The predicted molar refractivity (Wildman–Crippen MR) is 104 cm³/mol. The molecule has 4 heteroatoms. The van der Waals surface area contributed by atoms with E-state index < -0.39 is 0 Å². The summed E-state index contributed by atoms with van der Waals surface area (Å²) in [5, 5.41) is 5.32. The largest absolute Gasteiger partial charge is 0.493 e. The number of hydrogen-bond donors (Lipinski definition) is 1. The van der Waals surface area contributed by atoms with Gasteiger partial charge in [0.25, 0.3) is 0 Å². The molecule has 0 heterocycles. The van der Waals surface area contributed by atoms with Crippen LogP contribution in [0.3, 0.4) is 0 Å². The Morgan fingerprint density at radius 2 is 1.69 bits per heavy atom. The maximum atomic E-state index is 12.6. The van der Waals surface area contributed by atoms with Crippen LogP contribution in [-0.4, -0.2) is 20.1 Å². The second-order valence-corrected chi connectivity index (χ2v) is 6.22. The summed E-state index contributed by atoms with van der Waals surface area (Å²) in [6, 6.07) is 19.7. The van der Waals surface area contributed by atoms with Gasteiger partial charge in [0.15, 0.2) is 11.5 Å². The Bertz CT molecular complexity index is 915. The standard InChI is InChI=1S/C22H23NO3/c1-15(17-11-12-20(25-2)21(13-17)26-3)23-22(24)14-18-9-6-8-16-7-4-5-10-19(16)18/h4-13,15H,14H2,1-3H3,(H,23,24). The van der Waals surface area contributed by atoms with Gasteiger partial charge in [-0.05, 0) is 41.0 Å². The van der Waals surface area contributed by atoms with Crippen molar-refractivity contribution >= 4 is 16.7 Å². The van der Waals surface area contributed by atoms with Gasteiger partial charge in [0.2, 0.25) is 5.91 Å².